The molecule has 1 aromatic carbocycles. The standard InChI is InChI=1S/C14H14ClN3OS2/c1-2-3-12(19)17-13(20)18-14-16-11(8-21-14)9-4-6-10(15)7-5-9/h4-8H,2-3H2,1H3,(H2,16,17,18,19,20). The second-order valence-electron chi connectivity index (χ2n) is 4.30. The van der Waals surface area contributed by atoms with Gasteiger partial charge in [-0.15, -0.1) is 11.3 Å². The fraction of sp³-hybridized carbons (Fsp3) is 0.214. The molecule has 2 N–H and O–H groups in total. The second kappa shape index (κ2) is 7.49. The van der Waals surface area contributed by atoms with Crippen LogP contribution in [0.3, 0.4) is 0 Å². The molecule has 0 aliphatic rings. The molecule has 21 heavy (non-hydrogen) atoms. The molecule has 0 saturated heterocycles. The smallest absolute Gasteiger partial charge is 0.226 e. The lowest BCUT2D eigenvalue weighted by molar-refractivity contribution is -0.119. The molecule has 1 aromatic heterocycles. The molecule has 110 valence electrons. The van der Waals surface area contributed by atoms with E-state index in [0.29, 0.717) is 16.6 Å². The van der Waals surface area contributed by atoms with Crippen LogP contribution in [0.25, 0.3) is 11.3 Å². The van der Waals surface area contributed by atoms with Crippen molar-refractivity contribution in [2.75, 3.05) is 5.32 Å². The van der Waals surface area contributed by atoms with Crippen molar-refractivity contribution in [2.24, 2.45) is 0 Å². The fourth-order valence-corrected chi connectivity index (χ4v) is 2.75. The van der Waals surface area contributed by atoms with Crippen molar-refractivity contribution < 1.29 is 4.79 Å². The zero-order chi connectivity index (χ0) is 15.2. The van der Waals surface area contributed by atoms with Crippen molar-refractivity contribution in [2.45, 2.75) is 19.8 Å². The fourth-order valence-electron chi connectivity index (χ4n) is 1.63. The summed E-state index contributed by atoms with van der Waals surface area (Å²) in [5.74, 6) is -0.0931. The number of benzene rings is 1. The van der Waals surface area contributed by atoms with Crippen molar-refractivity contribution in [1.29, 1.82) is 0 Å². The van der Waals surface area contributed by atoms with Gasteiger partial charge in [-0.3, -0.25) is 4.79 Å². The lowest BCUT2D eigenvalue weighted by Crippen LogP contribution is -2.33. The first kappa shape index (κ1) is 15.9. The van der Waals surface area contributed by atoms with E-state index in [4.69, 9.17) is 23.8 Å². The summed E-state index contributed by atoms with van der Waals surface area (Å²) in [6.07, 6.45) is 1.24. The molecule has 0 aliphatic heterocycles. The van der Waals surface area contributed by atoms with E-state index in [1.807, 2.05) is 36.6 Å². The van der Waals surface area contributed by atoms with Crippen LogP contribution in [0.1, 0.15) is 19.8 Å². The molecule has 1 heterocycles. The van der Waals surface area contributed by atoms with Gasteiger partial charge >= 0.3 is 0 Å². The van der Waals surface area contributed by atoms with Gasteiger partial charge < -0.3 is 10.6 Å². The van der Waals surface area contributed by atoms with Crippen molar-refractivity contribution in [3.63, 3.8) is 0 Å². The summed E-state index contributed by atoms with van der Waals surface area (Å²) in [6.45, 7) is 1.94. The van der Waals surface area contributed by atoms with Gasteiger partial charge in [-0.1, -0.05) is 30.7 Å². The van der Waals surface area contributed by atoms with E-state index in [-0.39, 0.29) is 11.0 Å². The minimum Gasteiger partial charge on any atom is -0.308 e. The Morgan fingerprint density at radius 3 is 2.76 bits per heavy atom. The molecule has 0 aliphatic carbocycles. The molecule has 0 spiro atoms. The number of amides is 1. The zero-order valence-electron chi connectivity index (χ0n) is 11.4. The largest absolute Gasteiger partial charge is 0.308 e. The Kier molecular flexibility index (Phi) is 5.67. The third-order valence-corrected chi connectivity index (χ3v) is 3.81. The summed E-state index contributed by atoms with van der Waals surface area (Å²) < 4.78 is 0. The molecule has 2 aromatic rings. The Morgan fingerprint density at radius 1 is 1.38 bits per heavy atom. The van der Waals surface area contributed by atoms with Gasteiger partial charge in [0.05, 0.1) is 5.69 Å². The van der Waals surface area contributed by atoms with E-state index in [0.717, 1.165) is 17.7 Å². The number of hydrogen-bond donors (Lipinski definition) is 2. The molecule has 0 bridgehead atoms. The van der Waals surface area contributed by atoms with Gasteiger partial charge in [0.1, 0.15) is 0 Å². The van der Waals surface area contributed by atoms with Crippen LogP contribution >= 0.6 is 35.2 Å². The summed E-state index contributed by atoms with van der Waals surface area (Å²) >= 11 is 12.4. The minimum absolute atomic E-state index is 0.0931. The molecular formula is C14H14ClN3OS2. The number of aromatic nitrogens is 1. The summed E-state index contributed by atoms with van der Waals surface area (Å²) in [5, 5.41) is 9.05. The quantitative estimate of drug-likeness (QED) is 0.824. The normalized spacial score (nSPS) is 10.2. The number of halogens is 1. The van der Waals surface area contributed by atoms with Crippen LogP contribution < -0.4 is 10.6 Å². The van der Waals surface area contributed by atoms with Gasteiger partial charge in [-0.05, 0) is 30.8 Å². The highest BCUT2D eigenvalue weighted by atomic mass is 35.5. The third kappa shape index (κ3) is 4.77. The van der Waals surface area contributed by atoms with Gasteiger partial charge in [-0.25, -0.2) is 4.98 Å². The van der Waals surface area contributed by atoms with Crippen LogP contribution in [0.5, 0.6) is 0 Å². The maximum absolute atomic E-state index is 11.4. The molecule has 0 unspecified atom stereocenters. The number of thiocarbonyl (C=S) groups is 1. The molecule has 0 atom stereocenters. The molecule has 1 amide bonds. The second-order valence-corrected chi connectivity index (χ2v) is 6.00. The molecule has 4 nitrogen and oxygen atoms in total. The Bertz CT molecular complexity index is 640. The lowest BCUT2D eigenvalue weighted by atomic mass is 10.2. The summed E-state index contributed by atoms with van der Waals surface area (Å²) in [5.41, 5.74) is 1.81. The first-order valence-electron chi connectivity index (χ1n) is 6.40. The number of hydrogen-bond acceptors (Lipinski definition) is 4. The number of thiazole rings is 1. The molecular weight excluding hydrogens is 326 g/mol. The van der Waals surface area contributed by atoms with E-state index in [1.54, 1.807) is 0 Å². The first-order valence-corrected chi connectivity index (χ1v) is 8.07. The maximum atomic E-state index is 11.4. The maximum Gasteiger partial charge on any atom is 0.226 e. The number of nitrogens with zero attached hydrogens (tertiary/aromatic N) is 1. The van der Waals surface area contributed by atoms with Gasteiger partial charge in [-0.2, -0.15) is 0 Å². The average molecular weight is 340 g/mol. The Morgan fingerprint density at radius 2 is 2.10 bits per heavy atom. The monoisotopic (exact) mass is 339 g/mol. The number of carbonyl (C=O) groups is 1. The van der Waals surface area contributed by atoms with E-state index in [1.165, 1.54) is 11.3 Å². The molecule has 7 heteroatoms. The number of nitrogens with one attached hydrogen (secondary N) is 2. The highest BCUT2D eigenvalue weighted by molar-refractivity contribution is 7.80. The highest BCUT2D eigenvalue weighted by Gasteiger charge is 2.08. The SMILES string of the molecule is CCCC(=O)NC(=S)Nc1nc(-c2ccc(Cl)cc2)cs1. The predicted octanol–water partition coefficient (Wildman–Crippen LogP) is 4.08. The van der Waals surface area contributed by atoms with Gasteiger partial charge in [0.15, 0.2) is 10.2 Å². The minimum atomic E-state index is -0.0931. The molecule has 0 radical (unpaired) electrons. The average Bonchev–Trinajstić information content (AvgIpc) is 2.88. The van der Waals surface area contributed by atoms with Crippen molar-refractivity contribution in [1.82, 2.24) is 10.3 Å². The Balaban J connectivity index is 1.98. The Labute approximate surface area is 137 Å². The number of carbonyl (C=O) groups excluding carboxylic acids is 1. The first-order chi connectivity index (χ1) is 10.1. The topological polar surface area (TPSA) is 54.0 Å². The van der Waals surface area contributed by atoms with Crippen LogP contribution in [0.4, 0.5) is 5.13 Å². The highest BCUT2D eigenvalue weighted by Crippen LogP contribution is 2.25. The molecule has 0 fully saturated rings. The number of anilines is 1. The van der Waals surface area contributed by atoms with E-state index in [2.05, 4.69) is 15.6 Å². The summed E-state index contributed by atoms with van der Waals surface area (Å²) in [4.78, 5) is 15.9. The molecule has 0 saturated carbocycles. The zero-order valence-corrected chi connectivity index (χ0v) is 13.7. The van der Waals surface area contributed by atoms with E-state index < -0.39 is 0 Å². The number of rotatable bonds is 4. The van der Waals surface area contributed by atoms with Gasteiger partial charge in [0.25, 0.3) is 0 Å². The van der Waals surface area contributed by atoms with Crippen LogP contribution in [-0.2, 0) is 4.79 Å². The Hall–Kier alpha value is -1.50. The predicted molar refractivity (Wildman–Crippen MR) is 91.8 cm³/mol. The van der Waals surface area contributed by atoms with Crippen molar-refractivity contribution in [3.05, 3.63) is 34.7 Å². The van der Waals surface area contributed by atoms with Crippen LogP contribution in [-0.4, -0.2) is 16.0 Å². The van der Waals surface area contributed by atoms with Crippen molar-refractivity contribution >= 4 is 51.3 Å². The van der Waals surface area contributed by atoms with Crippen LogP contribution in [0.15, 0.2) is 29.6 Å². The van der Waals surface area contributed by atoms with Crippen LogP contribution in [0.2, 0.25) is 5.02 Å². The lowest BCUT2D eigenvalue weighted by Gasteiger charge is -2.06. The van der Waals surface area contributed by atoms with E-state index >= 15 is 0 Å². The van der Waals surface area contributed by atoms with E-state index in [9.17, 15) is 4.79 Å². The van der Waals surface area contributed by atoms with Gasteiger partial charge in [0.2, 0.25) is 5.91 Å². The van der Waals surface area contributed by atoms with Crippen LogP contribution in [0, 0.1) is 0 Å². The third-order valence-electron chi connectivity index (χ3n) is 2.59. The van der Waals surface area contributed by atoms with Gasteiger partial charge in [0, 0.05) is 22.4 Å². The summed E-state index contributed by atoms with van der Waals surface area (Å²) in [7, 11) is 0. The van der Waals surface area contributed by atoms with Crippen molar-refractivity contribution in [3.8, 4) is 11.3 Å². The molecule has 2 rings (SSSR count). The summed E-state index contributed by atoms with van der Waals surface area (Å²) in [6, 6.07) is 7.45.